The Morgan fingerprint density at radius 1 is 1.42 bits per heavy atom. The van der Waals surface area contributed by atoms with Gasteiger partial charge in [-0.25, -0.2) is 18.1 Å². The zero-order chi connectivity index (χ0) is 13.9. The number of rotatable bonds is 5. The number of aromatic nitrogens is 1. The molecule has 0 saturated carbocycles. The van der Waals surface area contributed by atoms with Crippen molar-refractivity contribution in [1.82, 2.24) is 9.71 Å². The van der Waals surface area contributed by atoms with E-state index >= 15 is 0 Å². The predicted molar refractivity (Wildman–Crippen MR) is 73.5 cm³/mol. The number of hydrogen-bond donors (Lipinski definition) is 3. The van der Waals surface area contributed by atoms with Crippen LogP contribution in [0.1, 0.15) is 5.69 Å². The van der Waals surface area contributed by atoms with Gasteiger partial charge in [-0.3, -0.25) is 0 Å². The average molecular weight is 299 g/mol. The van der Waals surface area contributed by atoms with Crippen LogP contribution in [0.3, 0.4) is 0 Å². The maximum atomic E-state index is 12.0. The van der Waals surface area contributed by atoms with Crippen molar-refractivity contribution in [3.05, 3.63) is 34.8 Å². The molecule has 0 fully saturated rings. The van der Waals surface area contributed by atoms with Gasteiger partial charge in [-0.05, 0) is 18.2 Å². The van der Waals surface area contributed by atoms with Crippen LogP contribution in [0.4, 0.5) is 5.69 Å². The van der Waals surface area contributed by atoms with Crippen molar-refractivity contribution >= 4 is 27.0 Å². The standard InChI is InChI=1S/C11H13N3O3S2/c12-10-5-9(1-2-11(10)15)19(16,17)14-4-3-8-6-18-7-13-8/h1-2,5-7,14-15H,3-4,12H2. The van der Waals surface area contributed by atoms with Gasteiger partial charge in [0.05, 0.1) is 21.8 Å². The van der Waals surface area contributed by atoms with Gasteiger partial charge in [0.1, 0.15) is 5.75 Å². The smallest absolute Gasteiger partial charge is 0.240 e. The molecule has 19 heavy (non-hydrogen) atoms. The first kappa shape index (κ1) is 13.8. The molecule has 0 spiro atoms. The first-order valence-corrected chi connectivity index (χ1v) is 7.87. The lowest BCUT2D eigenvalue weighted by Crippen LogP contribution is -2.26. The molecule has 0 bridgehead atoms. The Balaban J connectivity index is 2.03. The number of phenolic OH excluding ortho intramolecular Hbond substituents is 1. The van der Waals surface area contributed by atoms with Gasteiger partial charge in [-0.2, -0.15) is 0 Å². The first-order valence-electron chi connectivity index (χ1n) is 5.44. The fourth-order valence-electron chi connectivity index (χ4n) is 1.46. The lowest BCUT2D eigenvalue weighted by Gasteiger charge is -2.07. The largest absolute Gasteiger partial charge is 0.506 e. The number of hydrogen-bond acceptors (Lipinski definition) is 6. The molecule has 8 heteroatoms. The van der Waals surface area contributed by atoms with E-state index < -0.39 is 10.0 Å². The maximum absolute atomic E-state index is 12.0. The first-order chi connectivity index (χ1) is 8.99. The van der Waals surface area contributed by atoms with Gasteiger partial charge in [-0.15, -0.1) is 11.3 Å². The quantitative estimate of drug-likeness (QED) is 0.563. The van der Waals surface area contributed by atoms with Gasteiger partial charge in [-0.1, -0.05) is 0 Å². The van der Waals surface area contributed by atoms with Crippen LogP contribution >= 0.6 is 11.3 Å². The minimum Gasteiger partial charge on any atom is -0.506 e. The molecule has 0 atom stereocenters. The number of phenols is 1. The minimum atomic E-state index is -3.62. The van der Waals surface area contributed by atoms with Gasteiger partial charge in [0.15, 0.2) is 0 Å². The van der Waals surface area contributed by atoms with E-state index in [0.29, 0.717) is 6.42 Å². The summed E-state index contributed by atoms with van der Waals surface area (Å²) in [5.41, 5.74) is 8.05. The SMILES string of the molecule is Nc1cc(S(=O)(=O)NCCc2cscn2)ccc1O. The molecule has 0 unspecified atom stereocenters. The van der Waals surface area contributed by atoms with Crippen molar-refractivity contribution in [2.75, 3.05) is 12.3 Å². The Morgan fingerprint density at radius 3 is 2.84 bits per heavy atom. The fourth-order valence-corrected chi connectivity index (χ4v) is 3.12. The number of nitrogens with two attached hydrogens (primary N) is 1. The molecule has 1 aromatic carbocycles. The highest BCUT2D eigenvalue weighted by molar-refractivity contribution is 7.89. The number of nitrogens with zero attached hydrogens (tertiary/aromatic N) is 1. The summed E-state index contributed by atoms with van der Waals surface area (Å²) in [6.07, 6.45) is 0.524. The van der Waals surface area contributed by atoms with Crippen LogP contribution in [0.15, 0.2) is 34.0 Å². The predicted octanol–water partition coefficient (Wildman–Crippen LogP) is 0.952. The molecule has 2 aromatic rings. The molecule has 1 heterocycles. The zero-order valence-corrected chi connectivity index (χ0v) is 11.5. The third-order valence-electron chi connectivity index (χ3n) is 2.47. The lowest BCUT2D eigenvalue weighted by atomic mass is 10.3. The number of sulfonamides is 1. The van der Waals surface area contributed by atoms with Crippen LogP contribution in [-0.4, -0.2) is 25.1 Å². The molecule has 4 N–H and O–H groups in total. The van der Waals surface area contributed by atoms with Crippen LogP contribution in [0.25, 0.3) is 0 Å². The molecule has 6 nitrogen and oxygen atoms in total. The van der Waals surface area contributed by atoms with E-state index in [1.807, 2.05) is 5.38 Å². The Kier molecular flexibility index (Phi) is 4.03. The summed E-state index contributed by atoms with van der Waals surface area (Å²) in [6, 6.07) is 3.78. The zero-order valence-electron chi connectivity index (χ0n) is 9.91. The molecule has 0 aliphatic carbocycles. The van der Waals surface area contributed by atoms with Crippen LogP contribution in [0.2, 0.25) is 0 Å². The number of nitrogens with one attached hydrogen (secondary N) is 1. The normalized spacial score (nSPS) is 11.6. The van der Waals surface area contributed by atoms with E-state index in [2.05, 4.69) is 9.71 Å². The Hall–Kier alpha value is -1.64. The topological polar surface area (TPSA) is 105 Å². The van der Waals surface area contributed by atoms with Crippen LogP contribution < -0.4 is 10.5 Å². The Bertz CT molecular complexity index is 654. The summed E-state index contributed by atoms with van der Waals surface area (Å²) < 4.78 is 26.4. The minimum absolute atomic E-state index is 0.0288. The van der Waals surface area contributed by atoms with Crippen molar-refractivity contribution in [2.45, 2.75) is 11.3 Å². The van der Waals surface area contributed by atoms with Crippen molar-refractivity contribution in [1.29, 1.82) is 0 Å². The van der Waals surface area contributed by atoms with Crippen molar-refractivity contribution in [3.63, 3.8) is 0 Å². The number of benzene rings is 1. The summed E-state index contributed by atoms with van der Waals surface area (Å²) in [5, 5.41) is 11.1. The third kappa shape index (κ3) is 3.43. The highest BCUT2D eigenvalue weighted by atomic mass is 32.2. The summed E-state index contributed by atoms with van der Waals surface area (Å²) in [6.45, 7) is 0.257. The molecule has 0 aliphatic rings. The summed E-state index contributed by atoms with van der Waals surface area (Å²) >= 11 is 1.46. The van der Waals surface area contributed by atoms with Crippen LogP contribution in [-0.2, 0) is 16.4 Å². The highest BCUT2D eigenvalue weighted by Crippen LogP contribution is 2.22. The van der Waals surface area contributed by atoms with Crippen LogP contribution in [0, 0.1) is 0 Å². The van der Waals surface area contributed by atoms with Crippen LogP contribution in [0.5, 0.6) is 5.75 Å². The van der Waals surface area contributed by atoms with E-state index in [9.17, 15) is 13.5 Å². The number of thiazole rings is 1. The van der Waals surface area contributed by atoms with E-state index in [-0.39, 0.29) is 22.9 Å². The Labute approximate surface area is 115 Å². The van der Waals surface area contributed by atoms with Gasteiger partial charge < -0.3 is 10.8 Å². The summed E-state index contributed by atoms with van der Waals surface area (Å²) in [5.74, 6) is -0.138. The lowest BCUT2D eigenvalue weighted by molar-refractivity contribution is 0.477. The number of aromatic hydroxyl groups is 1. The average Bonchev–Trinajstić information content (AvgIpc) is 2.85. The molecule has 2 rings (SSSR count). The summed E-state index contributed by atoms with van der Waals surface area (Å²) in [7, 11) is -3.62. The van der Waals surface area contributed by atoms with E-state index in [4.69, 9.17) is 5.73 Å². The van der Waals surface area contributed by atoms with Gasteiger partial charge in [0, 0.05) is 18.3 Å². The monoisotopic (exact) mass is 299 g/mol. The van der Waals surface area contributed by atoms with Gasteiger partial charge >= 0.3 is 0 Å². The molecule has 0 radical (unpaired) electrons. The van der Waals surface area contributed by atoms with Crippen molar-refractivity contribution < 1.29 is 13.5 Å². The number of anilines is 1. The molecule has 1 aromatic heterocycles. The van der Waals surface area contributed by atoms with E-state index in [0.717, 1.165) is 5.69 Å². The molecule has 0 aliphatic heterocycles. The van der Waals surface area contributed by atoms with Crippen molar-refractivity contribution in [2.24, 2.45) is 0 Å². The van der Waals surface area contributed by atoms with Gasteiger partial charge in [0.25, 0.3) is 0 Å². The third-order valence-corrected chi connectivity index (χ3v) is 4.56. The second kappa shape index (κ2) is 5.55. The second-order valence-electron chi connectivity index (χ2n) is 3.85. The Morgan fingerprint density at radius 2 is 2.21 bits per heavy atom. The fraction of sp³-hybridized carbons (Fsp3) is 0.182. The van der Waals surface area contributed by atoms with Crippen molar-refractivity contribution in [3.8, 4) is 5.75 Å². The molecular weight excluding hydrogens is 286 g/mol. The van der Waals surface area contributed by atoms with E-state index in [1.165, 1.54) is 29.5 Å². The second-order valence-corrected chi connectivity index (χ2v) is 6.33. The molecular formula is C11H13N3O3S2. The summed E-state index contributed by atoms with van der Waals surface area (Å²) in [4.78, 5) is 4.09. The van der Waals surface area contributed by atoms with Gasteiger partial charge in [0.2, 0.25) is 10.0 Å². The van der Waals surface area contributed by atoms with E-state index in [1.54, 1.807) is 5.51 Å². The molecule has 102 valence electrons. The molecule has 0 amide bonds. The number of nitrogen functional groups attached to an aromatic ring is 1. The maximum Gasteiger partial charge on any atom is 0.240 e. The highest BCUT2D eigenvalue weighted by Gasteiger charge is 2.14. The molecule has 0 saturated heterocycles.